The SMILES string of the molecule is CNCC(O)C(O)c1ccc(N)c(C#N)c1. The van der Waals surface area contributed by atoms with E-state index in [-0.39, 0.29) is 6.54 Å². The lowest BCUT2D eigenvalue weighted by molar-refractivity contribution is 0.0202. The van der Waals surface area contributed by atoms with Gasteiger partial charge in [-0.25, -0.2) is 0 Å². The fraction of sp³-hybridized carbons (Fsp3) is 0.364. The molecule has 16 heavy (non-hydrogen) atoms. The van der Waals surface area contributed by atoms with Gasteiger partial charge in [-0.05, 0) is 24.7 Å². The van der Waals surface area contributed by atoms with Crippen molar-refractivity contribution in [3.8, 4) is 6.07 Å². The first-order chi connectivity index (χ1) is 7.60. The standard InChI is InChI=1S/C11H15N3O2/c1-14-6-10(15)11(16)7-2-3-9(13)8(4-7)5-12/h2-4,10-11,14-16H,6,13H2,1H3. The third kappa shape index (κ3) is 2.70. The van der Waals surface area contributed by atoms with Gasteiger partial charge in [0, 0.05) is 12.2 Å². The number of rotatable bonds is 4. The third-order valence-corrected chi connectivity index (χ3v) is 2.32. The molecule has 0 saturated carbocycles. The van der Waals surface area contributed by atoms with Crippen LogP contribution in [0.4, 0.5) is 5.69 Å². The number of aliphatic hydroxyl groups is 2. The van der Waals surface area contributed by atoms with Crippen LogP contribution in [0.1, 0.15) is 17.2 Å². The molecule has 0 aliphatic heterocycles. The van der Waals surface area contributed by atoms with Crippen molar-refractivity contribution in [1.82, 2.24) is 5.32 Å². The van der Waals surface area contributed by atoms with Crippen LogP contribution in [0.2, 0.25) is 0 Å². The number of nitriles is 1. The topological polar surface area (TPSA) is 102 Å². The molecule has 0 aliphatic rings. The van der Waals surface area contributed by atoms with Crippen molar-refractivity contribution in [2.45, 2.75) is 12.2 Å². The zero-order valence-corrected chi connectivity index (χ0v) is 9.01. The lowest BCUT2D eigenvalue weighted by Crippen LogP contribution is -2.29. The summed E-state index contributed by atoms with van der Waals surface area (Å²) in [7, 11) is 1.68. The summed E-state index contributed by atoms with van der Waals surface area (Å²) in [6, 6.07) is 6.55. The number of benzene rings is 1. The highest BCUT2D eigenvalue weighted by molar-refractivity contribution is 5.55. The minimum atomic E-state index is -1.03. The minimum absolute atomic E-state index is 0.271. The van der Waals surface area contributed by atoms with E-state index >= 15 is 0 Å². The van der Waals surface area contributed by atoms with Gasteiger partial charge < -0.3 is 21.3 Å². The molecule has 0 amide bonds. The predicted octanol–water partition coefficient (Wildman–Crippen LogP) is -0.246. The molecule has 0 fully saturated rings. The predicted molar refractivity (Wildman–Crippen MR) is 60.5 cm³/mol. The molecule has 86 valence electrons. The summed E-state index contributed by atoms with van der Waals surface area (Å²) in [4.78, 5) is 0. The molecule has 1 rings (SSSR count). The highest BCUT2D eigenvalue weighted by atomic mass is 16.3. The van der Waals surface area contributed by atoms with Gasteiger partial charge in [-0.2, -0.15) is 5.26 Å². The molecule has 0 aliphatic carbocycles. The van der Waals surface area contributed by atoms with Crippen molar-refractivity contribution < 1.29 is 10.2 Å². The van der Waals surface area contributed by atoms with Crippen LogP contribution in [0.3, 0.4) is 0 Å². The number of nitrogen functional groups attached to an aromatic ring is 1. The highest BCUT2D eigenvalue weighted by Gasteiger charge is 2.18. The first kappa shape index (κ1) is 12.5. The normalized spacial score (nSPS) is 14.1. The number of anilines is 1. The first-order valence-corrected chi connectivity index (χ1v) is 4.90. The molecule has 0 spiro atoms. The number of nitrogens with zero attached hydrogens (tertiary/aromatic N) is 1. The van der Waals surface area contributed by atoms with E-state index in [2.05, 4.69) is 5.32 Å². The highest BCUT2D eigenvalue weighted by Crippen LogP contribution is 2.21. The van der Waals surface area contributed by atoms with Crippen LogP contribution < -0.4 is 11.1 Å². The average molecular weight is 221 g/mol. The molecule has 5 heteroatoms. The van der Waals surface area contributed by atoms with Crippen LogP contribution in [0.25, 0.3) is 0 Å². The van der Waals surface area contributed by atoms with Crippen molar-refractivity contribution in [3.63, 3.8) is 0 Å². The number of hydrogen-bond donors (Lipinski definition) is 4. The van der Waals surface area contributed by atoms with Gasteiger partial charge in [-0.3, -0.25) is 0 Å². The van der Waals surface area contributed by atoms with E-state index in [1.54, 1.807) is 19.2 Å². The molecule has 2 atom stereocenters. The zero-order valence-electron chi connectivity index (χ0n) is 9.01. The summed E-state index contributed by atoms with van der Waals surface area (Å²) < 4.78 is 0. The smallest absolute Gasteiger partial charge is 0.106 e. The number of likely N-dealkylation sites (N-methyl/N-ethyl adjacent to an activating group) is 1. The Kier molecular flexibility index (Phi) is 4.26. The molecular weight excluding hydrogens is 206 g/mol. The van der Waals surface area contributed by atoms with Gasteiger partial charge in [-0.1, -0.05) is 6.07 Å². The van der Waals surface area contributed by atoms with Gasteiger partial charge in [0.25, 0.3) is 0 Å². The van der Waals surface area contributed by atoms with Crippen LogP contribution in [0.15, 0.2) is 18.2 Å². The quantitative estimate of drug-likeness (QED) is 0.525. The van der Waals surface area contributed by atoms with Crippen LogP contribution in [0.5, 0.6) is 0 Å². The zero-order chi connectivity index (χ0) is 12.1. The van der Waals surface area contributed by atoms with Crippen molar-refractivity contribution in [2.24, 2.45) is 0 Å². The van der Waals surface area contributed by atoms with Gasteiger partial charge in [0.1, 0.15) is 12.2 Å². The van der Waals surface area contributed by atoms with Gasteiger partial charge in [0.05, 0.1) is 11.7 Å². The Morgan fingerprint density at radius 1 is 1.50 bits per heavy atom. The molecule has 0 radical (unpaired) electrons. The third-order valence-electron chi connectivity index (χ3n) is 2.32. The van der Waals surface area contributed by atoms with Crippen molar-refractivity contribution >= 4 is 5.69 Å². The second kappa shape index (κ2) is 5.47. The van der Waals surface area contributed by atoms with Gasteiger partial charge in [-0.15, -0.1) is 0 Å². The van der Waals surface area contributed by atoms with Crippen molar-refractivity contribution in [3.05, 3.63) is 29.3 Å². The molecule has 1 aromatic carbocycles. The van der Waals surface area contributed by atoms with Crippen LogP contribution in [-0.2, 0) is 0 Å². The van der Waals surface area contributed by atoms with Crippen LogP contribution in [0, 0.1) is 11.3 Å². The van der Waals surface area contributed by atoms with Crippen molar-refractivity contribution in [1.29, 1.82) is 5.26 Å². The number of nitrogens with two attached hydrogens (primary N) is 1. The van der Waals surface area contributed by atoms with E-state index in [1.807, 2.05) is 6.07 Å². The summed E-state index contributed by atoms with van der Waals surface area (Å²) in [5.74, 6) is 0. The maximum absolute atomic E-state index is 9.79. The van der Waals surface area contributed by atoms with Crippen LogP contribution >= 0.6 is 0 Å². The summed E-state index contributed by atoms with van der Waals surface area (Å²) in [5, 5.41) is 30.9. The molecule has 5 N–H and O–H groups in total. The molecule has 1 aromatic rings. The summed E-state index contributed by atoms with van der Waals surface area (Å²) in [6.45, 7) is 0.271. The second-order valence-corrected chi connectivity index (χ2v) is 3.53. The van der Waals surface area contributed by atoms with Crippen molar-refractivity contribution in [2.75, 3.05) is 19.3 Å². The maximum Gasteiger partial charge on any atom is 0.106 e. The Labute approximate surface area is 94.1 Å². The molecule has 0 bridgehead atoms. The monoisotopic (exact) mass is 221 g/mol. The Bertz CT molecular complexity index is 401. The summed E-state index contributed by atoms with van der Waals surface area (Å²) in [5.41, 5.74) is 6.70. The largest absolute Gasteiger partial charge is 0.398 e. The number of aliphatic hydroxyl groups excluding tert-OH is 2. The molecule has 5 nitrogen and oxygen atoms in total. The molecule has 0 heterocycles. The summed E-state index contributed by atoms with van der Waals surface area (Å²) in [6.07, 6.45) is -1.94. The van der Waals surface area contributed by atoms with Crippen LogP contribution in [-0.4, -0.2) is 29.9 Å². The van der Waals surface area contributed by atoms with E-state index in [0.717, 1.165) is 0 Å². The van der Waals surface area contributed by atoms with Gasteiger partial charge in [0.15, 0.2) is 0 Å². The van der Waals surface area contributed by atoms with E-state index in [9.17, 15) is 10.2 Å². The molecule has 0 saturated heterocycles. The molecule has 0 aromatic heterocycles. The first-order valence-electron chi connectivity index (χ1n) is 4.90. The van der Waals surface area contributed by atoms with Gasteiger partial charge >= 0.3 is 0 Å². The second-order valence-electron chi connectivity index (χ2n) is 3.53. The Hall–Kier alpha value is -1.61. The lowest BCUT2D eigenvalue weighted by Gasteiger charge is -2.18. The average Bonchev–Trinajstić information content (AvgIpc) is 2.29. The fourth-order valence-corrected chi connectivity index (χ4v) is 1.40. The Balaban J connectivity index is 2.92. The van der Waals surface area contributed by atoms with E-state index < -0.39 is 12.2 Å². The van der Waals surface area contributed by atoms with Gasteiger partial charge in [0.2, 0.25) is 0 Å². The molecular formula is C11H15N3O2. The lowest BCUT2D eigenvalue weighted by atomic mass is 10.0. The fourth-order valence-electron chi connectivity index (χ4n) is 1.40. The Morgan fingerprint density at radius 2 is 2.19 bits per heavy atom. The van der Waals surface area contributed by atoms with E-state index in [0.29, 0.717) is 16.8 Å². The number of nitrogens with one attached hydrogen (secondary N) is 1. The maximum atomic E-state index is 9.79. The number of hydrogen-bond acceptors (Lipinski definition) is 5. The molecule has 2 unspecified atom stereocenters. The van der Waals surface area contributed by atoms with E-state index in [4.69, 9.17) is 11.0 Å². The Morgan fingerprint density at radius 3 is 2.75 bits per heavy atom. The van der Waals surface area contributed by atoms with E-state index in [1.165, 1.54) is 6.07 Å². The minimum Gasteiger partial charge on any atom is -0.398 e. The summed E-state index contributed by atoms with van der Waals surface area (Å²) >= 11 is 0.